The van der Waals surface area contributed by atoms with Crippen LogP contribution in [0.3, 0.4) is 0 Å². The molecule has 0 fully saturated rings. The van der Waals surface area contributed by atoms with Crippen LogP contribution in [0.15, 0.2) is 30.3 Å². The van der Waals surface area contributed by atoms with E-state index in [1.54, 1.807) is 30.4 Å². The fourth-order valence-corrected chi connectivity index (χ4v) is 3.26. The van der Waals surface area contributed by atoms with E-state index in [2.05, 4.69) is 5.32 Å². The highest BCUT2D eigenvalue weighted by Crippen LogP contribution is 2.25. The fourth-order valence-electron chi connectivity index (χ4n) is 3.26. The van der Waals surface area contributed by atoms with Crippen LogP contribution in [0, 0.1) is 6.92 Å². The first-order valence-electron chi connectivity index (χ1n) is 11.0. The van der Waals surface area contributed by atoms with Crippen LogP contribution in [0.25, 0.3) is 11.3 Å². The van der Waals surface area contributed by atoms with Gasteiger partial charge < -0.3 is 19.5 Å². The van der Waals surface area contributed by atoms with Crippen molar-refractivity contribution >= 4 is 18.0 Å². The molecule has 0 aliphatic carbocycles. The summed E-state index contributed by atoms with van der Waals surface area (Å²) in [6.07, 6.45) is -0.513. The van der Waals surface area contributed by atoms with Gasteiger partial charge in [0.1, 0.15) is 5.60 Å². The zero-order chi connectivity index (χ0) is 25.3. The third-order valence-electron chi connectivity index (χ3n) is 4.97. The lowest BCUT2D eigenvalue weighted by Crippen LogP contribution is -2.38. The number of hydrogen-bond donors (Lipinski definition) is 1. The van der Waals surface area contributed by atoms with Gasteiger partial charge in [0.15, 0.2) is 0 Å². The van der Waals surface area contributed by atoms with E-state index in [4.69, 9.17) is 19.3 Å². The van der Waals surface area contributed by atoms with Gasteiger partial charge in [0, 0.05) is 23.4 Å². The second-order valence-corrected chi connectivity index (χ2v) is 8.72. The Bertz CT molecular complexity index is 963. The molecular weight excluding hydrogens is 440 g/mol. The summed E-state index contributed by atoms with van der Waals surface area (Å²) in [7, 11) is 2.60. The molecule has 0 aliphatic rings. The summed E-state index contributed by atoms with van der Waals surface area (Å²) in [5.74, 6) is -0.901. The number of nitrogens with zero attached hydrogens (tertiary/aromatic N) is 3. The van der Waals surface area contributed by atoms with Gasteiger partial charge in [0.2, 0.25) is 0 Å². The van der Waals surface area contributed by atoms with Crippen LogP contribution >= 0.6 is 0 Å². The molecule has 1 amide bonds. The lowest BCUT2D eigenvalue weighted by atomic mass is 10.1. The van der Waals surface area contributed by atoms with E-state index >= 15 is 0 Å². The first kappa shape index (κ1) is 26.8. The molecular formula is C24H34N4O6. The molecule has 0 radical (unpaired) electrons. The second kappa shape index (κ2) is 12.2. The SMILES string of the molecule is COC(=O)CN(CCn1nc(-c2ccccc2)c(CNC(=O)OC(C)(C)C)c1C)CC(=O)OC. The largest absolute Gasteiger partial charge is 0.468 e. The summed E-state index contributed by atoms with van der Waals surface area (Å²) in [6, 6.07) is 9.66. The molecule has 0 aliphatic heterocycles. The first-order valence-corrected chi connectivity index (χ1v) is 11.0. The van der Waals surface area contributed by atoms with Crippen molar-refractivity contribution in [1.29, 1.82) is 0 Å². The summed E-state index contributed by atoms with van der Waals surface area (Å²) in [5, 5.41) is 7.57. The molecule has 0 bridgehead atoms. The number of hydrogen-bond acceptors (Lipinski definition) is 8. The van der Waals surface area contributed by atoms with E-state index < -0.39 is 23.6 Å². The molecule has 1 N–H and O–H groups in total. The number of carbonyl (C=O) groups is 3. The Balaban J connectivity index is 2.25. The van der Waals surface area contributed by atoms with E-state index in [1.165, 1.54) is 14.2 Å². The lowest BCUT2D eigenvalue weighted by Gasteiger charge is -2.20. The molecule has 34 heavy (non-hydrogen) atoms. The highest BCUT2D eigenvalue weighted by Gasteiger charge is 2.21. The van der Waals surface area contributed by atoms with Crippen LogP contribution in [0.4, 0.5) is 4.79 Å². The van der Waals surface area contributed by atoms with Crippen LogP contribution < -0.4 is 5.32 Å². The smallest absolute Gasteiger partial charge is 0.407 e. The van der Waals surface area contributed by atoms with Crippen molar-refractivity contribution < 1.29 is 28.6 Å². The van der Waals surface area contributed by atoms with E-state index in [-0.39, 0.29) is 19.6 Å². The maximum Gasteiger partial charge on any atom is 0.407 e. The number of alkyl carbamates (subject to hydrolysis) is 1. The zero-order valence-electron chi connectivity index (χ0n) is 20.7. The third kappa shape index (κ3) is 8.18. The molecule has 0 saturated heterocycles. The Morgan fingerprint density at radius 3 is 2.15 bits per heavy atom. The van der Waals surface area contributed by atoms with Crippen LogP contribution in [0.2, 0.25) is 0 Å². The standard InChI is InChI=1S/C24H34N4O6/c1-17-19(14-25-23(31)34-24(2,3)4)22(18-10-8-7-9-11-18)26-28(17)13-12-27(15-20(29)32-5)16-21(30)33-6/h7-11H,12-16H2,1-6H3,(H,25,31). The number of methoxy groups -OCH3 is 2. The predicted octanol–water partition coefficient (Wildman–Crippen LogP) is 2.53. The summed E-state index contributed by atoms with van der Waals surface area (Å²) >= 11 is 0. The van der Waals surface area contributed by atoms with E-state index in [0.29, 0.717) is 13.1 Å². The Kier molecular flexibility index (Phi) is 9.61. The molecule has 0 spiro atoms. The van der Waals surface area contributed by atoms with E-state index in [0.717, 1.165) is 22.5 Å². The van der Waals surface area contributed by atoms with Crippen molar-refractivity contribution in [3.63, 3.8) is 0 Å². The number of nitrogens with one attached hydrogen (secondary N) is 1. The predicted molar refractivity (Wildman–Crippen MR) is 126 cm³/mol. The van der Waals surface area contributed by atoms with Crippen molar-refractivity contribution in [1.82, 2.24) is 20.0 Å². The van der Waals surface area contributed by atoms with Crippen molar-refractivity contribution in [2.24, 2.45) is 0 Å². The minimum Gasteiger partial charge on any atom is -0.468 e. The average molecular weight is 475 g/mol. The average Bonchev–Trinajstić information content (AvgIpc) is 3.10. The number of benzene rings is 1. The molecule has 0 saturated carbocycles. The highest BCUT2D eigenvalue weighted by molar-refractivity contribution is 5.74. The number of amides is 1. The van der Waals surface area contributed by atoms with E-state index in [9.17, 15) is 14.4 Å². The summed E-state index contributed by atoms with van der Waals surface area (Å²) in [5.41, 5.74) is 2.75. The summed E-state index contributed by atoms with van der Waals surface area (Å²) in [4.78, 5) is 37.4. The number of ether oxygens (including phenoxy) is 3. The zero-order valence-corrected chi connectivity index (χ0v) is 20.7. The Labute approximate surface area is 200 Å². The van der Waals surface area contributed by atoms with Gasteiger partial charge >= 0.3 is 18.0 Å². The minimum atomic E-state index is -0.603. The topological polar surface area (TPSA) is 112 Å². The fraction of sp³-hybridized carbons (Fsp3) is 0.500. The number of aromatic nitrogens is 2. The van der Waals surface area contributed by atoms with Crippen LogP contribution in [0.5, 0.6) is 0 Å². The molecule has 10 heteroatoms. The van der Waals surface area contributed by atoms with Gasteiger partial charge in [-0.3, -0.25) is 19.2 Å². The maximum absolute atomic E-state index is 12.2. The number of rotatable bonds is 10. The third-order valence-corrected chi connectivity index (χ3v) is 4.97. The quantitative estimate of drug-likeness (QED) is 0.413. The Morgan fingerprint density at radius 2 is 1.62 bits per heavy atom. The number of esters is 2. The summed E-state index contributed by atoms with van der Waals surface area (Å²) < 4.78 is 16.6. The minimum absolute atomic E-state index is 0.0511. The second-order valence-electron chi connectivity index (χ2n) is 8.72. The van der Waals surface area contributed by atoms with Crippen LogP contribution in [-0.4, -0.2) is 72.2 Å². The molecule has 0 unspecified atom stereocenters. The maximum atomic E-state index is 12.2. The number of carbonyl (C=O) groups excluding carboxylic acids is 3. The molecule has 10 nitrogen and oxygen atoms in total. The molecule has 1 heterocycles. The van der Waals surface area contributed by atoms with Crippen LogP contribution in [-0.2, 0) is 36.9 Å². The van der Waals surface area contributed by atoms with Gasteiger partial charge in [-0.05, 0) is 27.7 Å². The van der Waals surface area contributed by atoms with Gasteiger partial charge in [-0.15, -0.1) is 0 Å². The normalized spacial score (nSPS) is 11.3. The van der Waals surface area contributed by atoms with Gasteiger partial charge in [-0.2, -0.15) is 5.10 Å². The van der Waals surface area contributed by atoms with Gasteiger partial charge in [0.25, 0.3) is 0 Å². The molecule has 2 aromatic rings. The van der Waals surface area contributed by atoms with Crippen molar-refractivity contribution in [2.45, 2.75) is 46.4 Å². The molecule has 1 aromatic heterocycles. The molecule has 1 aromatic carbocycles. The van der Waals surface area contributed by atoms with Crippen LogP contribution in [0.1, 0.15) is 32.0 Å². The van der Waals surface area contributed by atoms with Crippen molar-refractivity contribution in [3.8, 4) is 11.3 Å². The van der Waals surface area contributed by atoms with Gasteiger partial charge in [-0.1, -0.05) is 30.3 Å². The van der Waals surface area contributed by atoms with Gasteiger partial charge in [0.05, 0.1) is 46.1 Å². The summed E-state index contributed by atoms with van der Waals surface area (Å²) in [6.45, 7) is 8.23. The van der Waals surface area contributed by atoms with E-state index in [1.807, 2.05) is 37.3 Å². The van der Waals surface area contributed by atoms with Gasteiger partial charge in [-0.25, -0.2) is 4.79 Å². The van der Waals surface area contributed by atoms with Crippen molar-refractivity contribution in [3.05, 3.63) is 41.6 Å². The van der Waals surface area contributed by atoms with Crippen molar-refractivity contribution in [2.75, 3.05) is 33.9 Å². The lowest BCUT2D eigenvalue weighted by molar-refractivity contribution is -0.145. The molecule has 186 valence electrons. The molecule has 0 atom stereocenters. The highest BCUT2D eigenvalue weighted by atomic mass is 16.6. The monoisotopic (exact) mass is 474 g/mol. The first-order chi connectivity index (χ1) is 16.0. The Morgan fingerprint density at radius 1 is 1.03 bits per heavy atom. The molecule has 2 rings (SSSR count). The Hall–Kier alpha value is -3.40.